The lowest BCUT2D eigenvalue weighted by atomic mass is 10.2. The first kappa shape index (κ1) is 13.2. The second-order valence-electron chi connectivity index (χ2n) is 4.86. The number of nitrogens with two attached hydrogens (primary N) is 1. The molecule has 6 heteroatoms. The fourth-order valence-electron chi connectivity index (χ4n) is 1.94. The molecule has 2 N–H and O–H groups in total. The fourth-order valence-corrected chi connectivity index (χ4v) is 1.94. The average molecular weight is 281 g/mol. The van der Waals surface area contributed by atoms with E-state index in [-0.39, 0.29) is 18.1 Å². The SMILES string of the molecule is CC(C)Oc1nc(N)nc(-c2ccc3ccccc3n2)n1. The highest BCUT2D eigenvalue weighted by Crippen LogP contribution is 2.20. The Morgan fingerprint density at radius 3 is 2.57 bits per heavy atom. The molecule has 106 valence electrons. The maximum absolute atomic E-state index is 5.72. The molecule has 3 aromatic rings. The third-order valence-electron chi connectivity index (χ3n) is 2.80. The highest BCUT2D eigenvalue weighted by atomic mass is 16.5. The van der Waals surface area contributed by atoms with Crippen LogP contribution in [0.4, 0.5) is 5.95 Å². The van der Waals surface area contributed by atoms with Crippen molar-refractivity contribution in [3.8, 4) is 17.5 Å². The van der Waals surface area contributed by atoms with Crippen LogP contribution in [0.5, 0.6) is 6.01 Å². The number of hydrogen-bond acceptors (Lipinski definition) is 6. The molecule has 0 saturated heterocycles. The van der Waals surface area contributed by atoms with E-state index in [1.807, 2.05) is 50.2 Å². The summed E-state index contributed by atoms with van der Waals surface area (Å²) in [6.45, 7) is 3.79. The summed E-state index contributed by atoms with van der Waals surface area (Å²) in [5.41, 5.74) is 7.23. The number of benzene rings is 1. The van der Waals surface area contributed by atoms with Gasteiger partial charge < -0.3 is 10.5 Å². The van der Waals surface area contributed by atoms with Crippen molar-refractivity contribution in [2.75, 3.05) is 5.73 Å². The van der Waals surface area contributed by atoms with Crippen LogP contribution in [-0.2, 0) is 0 Å². The number of pyridine rings is 1. The highest BCUT2D eigenvalue weighted by molar-refractivity contribution is 5.80. The van der Waals surface area contributed by atoms with Gasteiger partial charge >= 0.3 is 6.01 Å². The Morgan fingerprint density at radius 2 is 1.76 bits per heavy atom. The quantitative estimate of drug-likeness (QED) is 0.793. The monoisotopic (exact) mass is 281 g/mol. The number of anilines is 1. The number of hydrogen-bond donors (Lipinski definition) is 1. The van der Waals surface area contributed by atoms with Crippen molar-refractivity contribution >= 4 is 16.9 Å². The van der Waals surface area contributed by atoms with Crippen LogP contribution in [0.15, 0.2) is 36.4 Å². The number of ether oxygens (including phenoxy) is 1. The molecular formula is C15H15N5O. The Balaban J connectivity index is 2.06. The molecule has 1 aromatic carbocycles. The molecule has 0 aliphatic carbocycles. The summed E-state index contributed by atoms with van der Waals surface area (Å²) in [6.07, 6.45) is -0.0378. The molecule has 0 amide bonds. The Hall–Kier alpha value is -2.76. The van der Waals surface area contributed by atoms with Crippen LogP contribution in [0.3, 0.4) is 0 Å². The predicted octanol–water partition coefficient (Wildman–Crippen LogP) is 2.46. The lowest BCUT2D eigenvalue weighted by Crippen LogP contribution is -2.11. The number of nitrogen functional groups attached to an aromatic ring is 1. The Bertz CT molecular complexity index is 788. The summed E-state index contributed by atoms with van der Waals surface area (Å²) >= 11 is 0. The standard InChI is InChI=1S/C15H15N5O/c1-9(2)21-15-19-13(18-14(16)20-15)12-8-7-10-5-3-4-6-11(10)17-12/h3-9H,1-2H3,(H2,16,18,19,20). The fraction of sp³-hybridized carbons (Fsp3) is 0.200. The van der Waals surface area contributed by atoms with Crippen molar-refractivity contribution in [3.05, 3.63) is 36.4 Å². The first-order valence-electron chi connectivity index (χ1n) is 6.66. The van der Waals surface area contributed by atoms with Crippen molar-refractivity contribution in [1.29, 1.82) is 0 Å². The van der Waals surface area contributed by atoms with E-state index in [0.717, 1.165) is 10.9 Å². The van der Waals surface area contributed by atoms with Crippen molar-refractivity contribution in [2.45, 2.75) is 20.0 Å². The Morgan fingerprint density at radius 1 is 0.952 bits per heavy atom. The van der Waals surface area contributed by atoms with Gasteiger partial charge in [0.05, 0.1) is 11.6 Å². The number of fused-ring (bicyclic) bond motifs is 1. The molecular weight excluding hydrogens is 266 g/mol. The topological polar surface area (TPSA) is 86.8 Å². The number of para-hydroxylation sites is 1. The summed E-state index contributed by atoms with van der Waals surface area (Å²) in [5, 5.41) is 1.06. The third-order valence-corrected chi connectivity index (χ3v) is 2.80. The smallest absolute Gasteiger partial charge is 0.322 e. The van der Waals surface area contributed by atoms with Gasteiger partial charge in [-0.05, 0) is 26.0 Å². The van der Waals surface area contributed by atoms with E-state index in [1.54, 1.807) is 0 Å². The molecule has 2 heterocycles. The van der Waals surface area contributed by atoms with Crippen molar-refractivity contribution in [3.63, 3.8) is 0 Å². The normalized spacial score (nSPS) is 11.0. The van der Waals surface area contributed by atoms with Gasteiger partial charge in [-0.25, -0.2) is 4.98 Å². The average Bonchev–Trinajstić information content (AvgIpc) is 2.45. The van der Waals surface area contributed by atoms with Gasteiger partial charge in [-0.1, -0.05) is 24.3 Å². The minimum atomic E-state index is -0.0378. The summed E-state index contributed by atoms with van der Waals surface area (Å²) < 4.78 is 5.47. The van der Waals surface area contributed by atoms with Crippen LogP contribution < -0.4 is 10.5 Å². The summed E-state index contributed by atoms with van der Waals surface area (Å²) in [6, 6.07) is 11.9. The lowest BCUT2D eigenvalue weighted by Gasteiger charge is -2.09. The van der Waals surface area contributed by atoms with Crippen molar-refractivity contribution in [1.82, 2.24) is 19.9 Å². The zero-order valence-electron chi connectivity index (χ0n) is 11.8. The first-order chi connectivity index (χ1) is 10.1. The van der Waals surface area contributed by atoms with E-state index in [2.05, 4.69) is 19.9 Å². The van der Waals surface area contributed by atoms with Gasteiger partial charge in [-0.15, -0.1) is 0 Å². The van der Waals surface area contributed by atoms with Crippen LogP contribution in [-0.4, -0.2) is 26.0 Å². The van der Waals surface area contributed by atoms with E-state index < -0.39 is 0 Å². The molecule has 0 radical (unpaired) electrons. The zero-order chi connectivity index (χ0) is 14.8. The van der Waals surface area contributed by atoms with Gasteiger partial charge in [-0.3, -0.25) is 0 Å². The molecule has 0 fully saturated rings. The van der Waals surface area contributed by atoms with E-state index in [1.165, 1.54) is 0 Å². The minimum Gasteiger partial charge on any atom is -0.461 e. The Labute approximate surface area is 122 Å². The second-order valence-corrected chi connectivity index (χ2v) is 4.86. The molecule has 21 heavy (non-hydrogen) atoms. The van der Waals surface area contributed by atoms with Crippen LogP contribution in [0.25, 0.3) is 22.4 Å². The molecule has 0 spiro atoms. The zero-order valence-corrected chi connectivity index (χ0v) is 11.8. The molecule has 0 aliphatic rings. The number of nitrogens with zero attached hydrogens (tertiary/aromatic N) is 4. The maximum Gasteiger partial charge on any atom is 0.322 e. The summed E-state index contributed by atoms with van der Waals surface area (Å²) in [5.74, 6) is 0.523. The second kappa shape index (κ2) is 5.32. The van der Waals surface area contributed by atoms with E-state index >= 15 is 0 Å². The van der Waals surface area contributed by atoms with Crippen molar-refractivity contribution < 1.29 is 4.74 Å². The van der Waals surface area contributed by atoms with Crippen LogP contribution in [0, 0.1) is 0 Å². The van der Waals surface area contributed by atoms with Crippen LogP contribution in [0.1, 0.15) is 13.8 Å². The van der Waals surface area contributed by atoms with Crippen molar-refractivity contribution in [2.24, 2.45) is 0 Å². The largest absolute Gasteiger partial charge is 0.461 e. The first-order valence-corrected chi connectivity index (χ1v) is 6.66. The van der Waals surface area contributed by atoms with Crippen LogP contribution >= 0.6 is 0 Å². The Kier molecular flexibility index (Phi) is 3.35. The van der Waals surface area contributed by atoms with Gasteiger partial charge in [0.15, 0.2) is 5.82 Å². The minimum absolute atomic E-state index is 0.0378. The predicted molar refractivity (Wildman–Crippen MR) is 80.7 cm³/mol. The third kappa shape index (κ3) is 2.89. The maximum atomic E-state index is 5.72. The lowest BCUT2D eigenvalue weighted by molar-refractivity contribution is 0.222. The van der Waals surface area contributed by atoms with Gasteiger partial charge in [0, 0.05) is 5.39 Å². The molecule has 0 unspecified atom stereocenters. The summed E-state index contributed by atoms with van der Waals surface area (Å²) in [7, 11) is 0. The molecule has 3 rings (SSSR count). The summed E-state index contributed by atoms with van der Waals surface area (Å²) in [4.78, 5) is 16.9. The van der Waals surface area contributed by atoms with Gasteiger partial charge in [-0.2, -0.15) is 15.0 Å². The van der Waals surface area contributed by atoms with Gasteiger partial charge in [0.25, 0.3) is 0 Å². The van der Waals surface area contributed by atoms with Gasteiger partial charge in [0.1, 0.15) is 5.69 Å². The van der Waals surface area contributed by atoms with Gasteiger partial charge in [0.2, 0.25) is 5.95 Å². The van der Waals surface area contributed by atoms with E-state index in [9.17, 15) is 0 Å². The molecule has 0 atom stereocenters. The molecule has 0 bridgehead atoms. The van der Waals surface area contributed by atoms with E-state index in [4.69, 9.17) is 10.5 Å². The van der Waals surface area contributed by atoms with Crippen LogP contribution in [0.2, 0.25) is 0 Å². The molecule has 0 aliphatic heterocycles. The van der Waals surface area contributed by atoms with E-state index in [0.29, 0.717) is 11.5 Å². The number of aromatic nitrogens is 4. The number of rotatable bonds is 3. The molecule has 2 aromatic heterocycles. The highest BCUT2D eigenvalue weighted by Gasteiger charge is 2.10. The molecule has 6 nitrogen and oxygen atoms in total. The molecule has 0 saturated carbocycles.